The Balaban J connectivity index is 1.15. The molecular weight excluding hydrogens is 500 g/mol. The molecule has 2 aromatic rings. The predicted molar refractivity (Wildman–Crippen MR) is 147 cm³/mol. The van der Waals surface area contributed by atoms with E-state index in [0.29, 0.717) is 30.4 Å². The number of rotatable bonds is 7. The van der Waals surface area contributed by atoms with Crippen LogP contribution >= 0.6 is 0 Å². The van der Waals surface area contributed by atoms with Gasteiger partial charge in [0.2, 0.25) is 0 Å². The molecule has 3 fully saturated rings. The molecule has 38 heavy (non-hydrogen) atoms. The number of fused-ring (bicyclic) bond motifs is 1. The van der Waals surface area contributed by atoms with Gasteiger partial charge in [0.05, 0.1) is 16.4 Å². The van der Waals surface area contributed by atoms with Crippen molar-refractivity contribution in [3.8, 4) is 5.75 Å². The van der Waals surface area contributed by atoms with Crippen LogP contribution in [0.15, 0.2) is 47.4 Å². The molecule has 0 atom stereocenters. The molecule has 0 unspecified atom stereocenters. The van der Waals surface area contributed by atoms with Crippen molar-refractivity contribution < 1.29 is 13.2 Å². The lowest BCUT2D eigenvalue weighted by Crippen LogP contribution is -2.42. The van der Waals surface area contributed by atoms with Crippen LogP contribution < -0.4 is 14.8 Å². The summed E-state index contributed by atoms with van der Waals surface area (Å²) in [6, 6.07) is 12.6. The summed E-state index contributed by atoms with van der Waals surface area (Å²) in [5, 5.41) is 16.1. The number of amidine groups is 1. The number of ether oxygens (including phenoxy) is 1. The molecule has 0 amide bonds. The fourth-order valence-corrected chi connectivity index (χ4v) is 7.27. The number of benzene rings is 2. The molecule has 4 aliphatic rings. The Labute approximate surface area is 224 Å². The van der Waals surface area contributed by atoms with Gasteiger partial charge in [0.1, 0.15) is 11.9 Å². The summed E-state index contributed by atoms with van der Waals surface area (Å²) in [5.41, 5.74) is 8.57. The van der Waals surface area contributed by atoms with Gasteiger partial charge in [0.15, 0.2) is 5.96 Å². The first-order chi connectivity index (χ1) is 18.3. The summed E-state index contributed by atoms with van der Waals surface area (Å²) in [7, 11) is -3.75. The van der Waals surface area contributed by atoms with E-state index in [9.17, 15) is 8.42 Å². The number of nitrogens with one attached hydrogen (secondary N) is 2. The second-order valence-electron chi connectivity index (χ2n) is 11.0. The molecular formula is C28H36N6O3S. The second-order valence-corrected chi connectivity index (χ2v) is 12.8. The molecule has 2 heterocycles. The number of anilines is 1. The summed E-state index contributed by atoms with van der Waals surface area (Å²) in [5.74, 6) is 1.97. The fourth-order valence-electron chi connectivity index (χ4n) is 5.57. The zero-order chi connectivity index (χ0) is 26.4. The Hall–Kier alpha value is -3.27. The monoisotopic (exact) mass is 536 g/mol. The van der Waals surface area contributed by atoms with Gasteiger partial charge in [-0.25, -0.2) is 8.42 Å². The SMILES string of the molecule is N=C(N)N1CCc2ccc(N(C3CC3)S(=O)(=O)c3ccc(OC4CCN(C(=N)C5CC5)CC4)cc3)cc2C1. The van der Waals surface area contributed by atoms with E-state index >= 15 is 0 Å². The Bertz CT molecular complexity index is 1330. The van der Waals surface area contributed by atoms with Crippen molar-refractivity contribution in [2.75, 3.05) is 23.9 Å². The third-order valence-electron chi connectivity index (χ3n) is 8.11. The molecule has 4 N–H and O–H groups in total. The van der Waals surface area contributed by atoms with Gasteiger partial charge in [0, 0.05) is 51.0 Å². The molecule has 2 aromatic carbocycles. The topological polar surface area (TPSA) is 127 Å². The Morgan fingerprint density at radius 1 is 0.895 bits per heavy atom. The van der Waals surface area contributed by atoms with Gasteiger partial charge in [-0.1, -0.05) is 6.07 Å². The van der Waals surface area contributed by atoms with E-state index in [1.54, 1.807) is 28.6 Å². The van der Waals surface area contributed by atoms with Gasteiger partial charge >= 0.3 is 0 Å². The van der Waals surface area contributed by atoms with E-state index in [2.05, 4.69) is 4.90 Å². The van der Waals surface area contributed by atoms with Gasteiger partial charge in [-0.2, -0.15) is 0 Å². The van der Waals surface area contributed by atoms with Crippen LogP contribution in [0.1, 0.15) is 49.7 Å². The van der Waals surface area contributed by atoms with Gasteiger partial charge in [-0.3, -0.25) is 15.1 Å². The van der Waals surface area contributed by atoms with Crippen molar-refractivity contribution in [2.45, 2.75) is 68.5 Å². The van der Waals surface area contributed by atoms with Gasteiger partial charge in [-0.15, -0.1) is 0 Å². The van der Waals surface area contributed by atoms with Gasteiger partial charge in [-0.05, 0) is 79.6 Å². The highest BCUT2D eigenvalue weighted by molar-refractivity contribution is 7.92. The molecule has 2 aliphatic carbocycles. The first kappa shape index (κ1) is 25.0. The average molecular weight is 537 g/mol. The quantitative estimate of drug-likeness (QED) is 0.367. The Kier molecular flexibility index (Phi) is 6.45. The number of hydrogen-bond acceptors (Lipinski definition) is 5. The summed E-state index contributed by atoms with van der Waals surface area (Å²) >= 11 is 0. The Morgan fingerprint density at radius 3 is 2.24 bits per heavy atom. The minimum atomic E-state index is -3.75. The van der Waals surface area contributed by atoms with Gasteiger partial charge < -0.3 is 20.3 Å². The molecule has 2 saturated carbocycles. The maximum atomic E-state index is 13.8. The first-order valence-corrected chi connectivity index (χ1v) is 15.1. The van der Waals surface area contributed by atoms with E-state index in [-0.39, 0.29) is 23.0 Å². The van der Waals surface area contributed by atoms with Crippen molar-refractivity contribution in [1.29, 1.82) is 10.8 Å². The van der Waals surface area contributed by atoms with Crippen LogP contribution in [0.25, 0.3) is 0 Å². The smallest absolute Gasteiger partial charge is 0.264 e. The summed E-state index contributed by atoms with van der Waals surface area (Å²) in [4.78, 5) is 4.24. The van der Waals surface area contributed by atoms with E-state index in [4.69, 9.17) is 21.3 Å². The summed E-state index contributed by atoms with van der Waals surface area (Å²) < 4.78 is 35.4. The molecule has 10 heteroatoms. The Morgan fingerprint density at radius 2 is 1.61 bits per heavy atom. The van der Waals surface area contributed by atoms with Crippen LogP contribution in [0.2, 0.25) is 0 Å². The predicted octanol–water partition coefficient (Wildman–Crippen LogP) is 3.53. The van der Waals surface area contributed by atoms with Crippen molar-refractivity contribution in [3.05, 3.63) is 53.6 Å². The normalized spacial score (nSPS) is 20.1. The van der Waals surface area contributed by atoms with E-state index in [0.717, 1.165) is 69.4 Å². The summed E-state index contributed by atoms with van der Waals surface area (Å²) in [6.45, 7) is 2.90. The lowest BCUT2D eigenvalue weighted by Gasteiger charge is -2.34. The molecule has 202 valence electrons. The average Bonchev–Trinajstić information content (AvgIpc) is 3.83. The van der Waals surface area contributed by atoms with Crippen molar-refractivity contribution in [3.63, 3.8) is 0 Å². The lowest BCUT2D eigenvalue weighted by molar-refractivity contribution is 0.129. The van der Waals surface area contributed by atoms with Crippen molar-refractivity contribution in [1.82, 2.24) is 9.80 Å². The number of nitrogens with two attached hydrogens (primary N) is 1. The number of sulfonamides is 1. The highest BCUT2D eigenvalue weighted by Crippen LogP contribution is 2.38. The van der Waals surface area contributed by atoms with Crippen molar-refractivity contribution in [2.24, 2.45) is 11.7 Å². The number of guanidine groups is 1. The van der Waals surface area contributed by atoms with Crippen LogP contribution in [-0.4, -0.2) is 61.8 Å². The van der Waals surface area contributed by atoms with Crippen LogP contribution in [0.3, 0.4) is 0 Å². The van der Waals surface area contributed by atoms with E-state index in [1.807, 2.05) is 23.1 Å². The fraction of sp³-hybridized carbons (Fsp3) is 0.500. The third-order valence-corrected chi connectivity index (χ3v) is 10.0. The van der Waals surface area contributed by atoms with Crippen molar-refractivity contribution >= 4 is 27.5 Å². The minimum Gasteiger partial charge on any atom is -0.490 e. The number of hydrogen-bond donors (Lipinski definition) is 3. The zero-order valence-corrected chi connectivity index (χ0v) is 22.4. The van der Waals surface area contributed by atoms with Crippen LogP contribution in [0.5, 0.6) is 5.75 Å². The molecule has 6 rings (SSSR count). The van der Waals surface area contributed by atoms with E-state index in [1.165, 1.54) is 5.56 Å². The molecule has 0 radical (unpaired) electrons. The van der Waals surface area contributed by atoms with Crippen LogP contribution in [0, 0.1) is 16.7 Å². The van der Waals surface area contributed by atoms with E-state index < -0.39 is 10.0 Å². The maximum Gasteiger partial charge on any atom is 0.264 e. The van der Waals surface area contributed by atoms with Crippen LogP contribution in [0.4, 0.5) is 5.69 Å². The largest absolute Gasteiger partial charge is 0.490 e. The lowest BCUT2D eigenvalue weighted by atomic mass is 9.99. The van der Waals surface area contributed by atoms with Crippen LogP contribution in [-0.2, 0) is 23.0 Å². The molecule has 1 saturated heterocycles. The van der Waals surface area contributed by atoms with Gasteiger partial charge in [0.25, 0.3) is 10.0 Å². The number of nitrogens with zero attached hydrogens (tertiary/aromatic N) is 3. The number of likely N-dealkylation sites (tertiary alicyclic amines) is 1. The first-order valence-electron chi connectivity index (χ1n) is 13.6. The molecule has 9 nitrogen and oxygen atoms in total. The second kappa shape index (κ2) is 9.80. The molecule has 2 aliphatic heterocycles. The molecule has 0 spiro atoms. The minimum absolute atomic E-state index is 0.0401. The zero-order valence-electron chi connectivity index (χ0n) is 21.6. The summed E-state index contributed by atoms with van der Waals surface area (Å²) in [6.07, 6.45) is 6.57. The molecule has 0 bridgehead atoms. The standard InChI is InChI=1S/C28H36N6O3S/c29-27(20-1-2-20)32-15-12-25(13-16-32)37-24-7-9-26(10-8-24)38(35,36)34(22-5-6-22)23-4-3-19-11-14-33(28(30)31)18-21(19)17-23/h3-4,7-10,17,20,22,25,29H,1-2,5-6,11-16,18H2,(H3,30,31). The number of piperidine rings is 1. The molecule has 0 aromatic heterocycles. The third kappa shape index (κ3) is 5.06. The highest BCUT2D eigenvalue weighted by Gasteiger charge is 2.39. The highest BCUT2D eigenvalue weighted by atomic mass is 32.2. The maximum absolute atomic E-state index is 13.8.